The Morgan fingerprint density at radius 3 is 2.65 bits per heavy atom. The van der Waals surface area contributed by atoms with Gasteiger partial charge in [0.15, 0.2) is 0 Å². The van der Waals surface area contributed by atoms with Gasteiger partial charge in [0, 0.05) is 32.1 Å². The summed E-state index contributed by atoms with van der Waals surface area (Å²) in [5.41, 5.74) is -0.0818. The van der Waals surface area contributed by atoms with E-state index in [-0.39, 0.29) is 11.6 Å². The maximum atomic E-state index is 11.8. The Morgan fingerprint density at radius 2 is 2.15 bits per heavy atom. The molecule has 0 aromatic carbocycles. The van der Waals surface area contributed by atoms with Crippen molar-refractivity contribution in [2.45, 2.75) is 20.3 Å². The number of nitrogens with zero attached hydrogens (tertiary/aromatic N) is 3. The smallest absolute Gasteiger partial charge is 0.288 e. The number of nitro groups is 1. The van der Waals surface area contributed by atoms with Crippen LogP contribution in [-0.2, 0) is 4.79 Å². The lowest BCUT2D eigenvalue weighted by molar-refractivity contribution is -0.385. The normalized spacial score (nSPS) is 10.2. The van der Waals surface area contributed by atoms with Crippen LogP contribution in [0.4, 0.5) is 11.5 Å². The molecule has 0 saturated carbocycles. The maximum absolute atomic E-state index is 11.8. The number of rotatable bonds is 7. The largest absolute Gasteiger partial charge is 0.369 e. The van der Waals surface area contributed by atoms with Crippen LogP contribution in [0.3, 0.4) is 0 Å². The highest BCUT2D eigenvalue weighted by Gasteiger charge is 2.12. The molecule has 1 aromatic rings. The van der Waals surface area contributed by atoms with Crippen LogP contribution in [-0.4, -0.2) is 40.3 Å². The lowest BCUT2D eigenvalue weighted by Gasteiger charge is -2.18. The van der Waals surface area contributed by atoms with E-state index in [1.807, 2.05) is 13.8 Å². The maximum Gasteiger partial charge on any atom is 0.288 e. The molecule has 0 bridgehead atoms. The van der Waals surface area contributed by atoms with Gasteiger partial charge in [-0.1, -0.05) is 0 Å². The molecule has 1 aromatic heterocycles. The Hall–Kier alpha value is -1.70. The highest BCUT2D eigenvalue weighted by molar-refractivity contribution is 9.10. The highest BCUT2D eigenvalue weighted by Crippen LogP contribution is 2.24. The molecule has 0 spiro atoms. The third-order valence-corrected chi connectivity index (χ3v) is 3.39. The molecule has 7 nitrogen and oxygen atoms in total. The van der Waals surface area contributed by atoms with E-state index < -0.39 is 4.92 Å². The number of nitrogens with one attached hydrogen (secondary N) is 1. The van der Waals surface area contributed by atoms with Gasteiger partial charge in [-0.3, -0.25) is 14.9 Å². The zero-order valence-corrected chi connectivity index (χ0v) is 13.0. The van der Waals surface area contributed by atoms with Crippen LogP contribution in [0.2, 0.25) is 0 Å². The number of aromatic nitrogens is 1. The standard InChI is InChI=1S/C12H17BrN4O3/c1-3-16(4-2)11(18)5-6-14-12-10(13)7-9(8-15-12)17(19)20/h7-8H,3-6H2,1-2H3,(H,14,15). The summed E-state index contributed by atoms with van der Waals surface area (Å²) < 4.78 is 0.502. The minimum atomic E-state index is -0.508. The molecular formula is C12H17BrN4O3. The quantitative estimate of drug-likeness (QED) is 0.606. The molecule has 1 N–H and O–H groups in total. The minimum absolute atomic E-state index is 0.0699. The first-order valence-corrected chi connectivity index (χ1v) is 7.10. The van der Waals surface area contributed by atoms with Gasteiger partial charge in [-0.2, -0.15) is 0 Å². The molecule has 20 heavy (non-hydrogen) atoms. The lowest BCUT2D eigenvalue weighted by Crippen LogP contribution is -2.31. The Balaban J connectivity index is 2.54. The van der Waals surface area contributed by atoms with Crippen LogP contribution in [0.15, 0.2) is 16.7 Å². The Kier molecular flexibility index (Phi) is 6.37. The number of hydrogen-bond donors (Lipinski definition) is 1. The predicted molar refractivity (Wildman–Crippen MR) is 79.6 cm³/mol. The molecule has 0 aliphatic carbocycles. The molecular weight excluding hydrogens is 328 g/mol. The molecule has 110 valence electrons. The molecule has 1 heterocycles. The molecule has 0 unspecified atom stereocenters. The number of anilines is 1. The summed E-state index contributed by atoms with van der Waals surface area (Å²) in [5, 5.41) is 13.6. The Morgan fingerprint density at radius 1 is 1.50 bits per heavy atom. The van der Waals surface area contributed by atoms with Crippen molar-refractivity contribution in [3.05, 3.63) is 26.9 Å². The second kappa shape index (κ2) is 7.78. The molecule has 0 atom stereocenters. The second-order valence-electron chi connectivity index (χ2n) is 4.02. The first-order valence-electron chi connectivity index (χ1n) is 6.31. The average Bonchev–Trinajstić information content (AvgIpc) is 2.41. The monoisotopic (exact) mass is 344 g/mol. The van der Waals surface area contributed by atoms with Crippen molar-refractivity contribution in [3.63, 3.8) is 0 Å². The SMILES string of the molecule is CCN(CC)C(=O)CCNc1ncc([N+](=O)[O-])cc1Br. The van der Waals surface area contributed by atoms with Gasteiger partial charge in [0.1, 0.15) is 12.0 Å². The van der Waals surface area contributed by atoms with E-state index in [4.69, 9.17) is 0 Å². The molecule has 0 aliphatic heterocycles. The van der Waals surface area contributed by atoms with E-state index in [0.29, 0.717) is 36.3 Å². The minimum Gasteiger partial charge on any atom is -0.369 e. The molecule has 0 saturated heterocycles. The zero-order valence-electron chi connectivity index (χ0n) is 11.4. The number of amides is 1. The predicted octanol–water partition coefficient (Wildman–Crippen LogP) is 2.42. The van der Waals surface area contributed by atoms with E-state index in [1.165, 1.54) is 12.3 Å². The number of carbonyl (C=O) groups excluding carboxylic acids is 1. The van der Waals surface area contributed by atoms with Gasteiger partial charge < -0.3 is 10.2 Å². The fourth-order valence-electron chi connectivity index (χ4n) is 1.68. The first kappa shape index (κ1) is 16.4. The number of hydrogen-bond acceptors (Lipinski definition) is 5. The van der Waals surface area contributed by atoms with E-state index in [0.717, 1.165) is 0 Å². The Labute approximate surface area is 125 Å². The van der Waals surface area contributed by atoms with Gasteiger partial charge in [0.25, 0.3) is 5.69 Å². The first-order chi connectivity index (χ1) is 9.49. The van der Waals surface area contributed by atoms with Crippen molar-refractivity contribution >= 4 is 33.3 Å². The van der Waals surface area contributed by atoms with Crippen molar-refractivity contribution in [1.29, 1.82) is 0 Å². The van der Waals surface area contributed by atoms with Gasteiger partial charge in [-0.05, 0) is 29.8 Å². The van der Waals surface area contributed by atoms with E-state index in [1.54, 1.807) is 4.90 Å². The summed E-state index contributed by atoms with van der Waals surface area (Å²) >= 11 is 3.21. The van der Waals surface area contributed by atoms with Crippen LogP contribution in [0, 0.1) is 10.1 Å². The third kappa shape index (κ3) is 4.44. The van der Waals surface area contributed by atoms with Crippen LogP contribution < -0.4 is 5.32 Å². The second-order valence-corrected chi connectivity index (χ2v) is 4.88. The molecule has 1 amide bonds. The van der Waals surface area contributed by atoms with Gasteiger partial charge in [-0.25, -0.2) is 4.98 Å². The van der Waals surface area contributed by atoms with Crippen molar-refractivity contribution < 1.29 is 9.72 Å². The Bertz CT molecular complexity index is 492. The van der Waals surface area contributed by atoms with Gasteiger partial charge in [0.05, 0.1) is 9.40 Å². The summed E-state index contributed by atoms with van der Waals surface area (Å²) in [6.45, 7) is 5.68. The van der Waals surface area contributed by atoms with E-state index in [9.17, 15) is 14.9 Å². The topological polar surface area (TPSA) is 88.4 Å². The van der Waals surface area contributed by atoms with E-state index >= 15 is 0 Å². The summed E-state index contributed by atoms with van der Waals surface area (Å²) in [6.07, 6.45) is 1.53. The van der Waals surface area contributed by atoms with Crippen molar-refractivity contribution in [2.24, 2.45) is 0 Å². The number of halogens is 1. The van der Waals surface area contributed by atoms with Crippen molar-refractivity contribution in [1.82, 2.24) is 9.88 Å². The van der Waals surface area contributed by atoms with Gasteiger partial charge in [-0.15, -0.1) is 0 Å². The fraction of sp³-hybridized carbons (Fsp3) is 0.500. The highest BCUT2D eigenvalue weighted by atomic mass is 79.9. The zero-order chi connectivity index (χ0) is 15.1. The lowest BCUT2D eigenvalue weighted by atomic mass is 10.3. The van der Waals surface area contributed by atoms with Crippen LogP contribution in [0.25, 0.3) is 0 Å². The molecule has 8 heteroatoms. The van der Waals surface area contributed by atoms with Gasteiger partial charge >= 0.3 is 0 Å². The summed E-state index contributed by atoms with van der Waals surface area (Å²) in [7, 11) is 0. The van der Waals surface area contributed by atoms with Crippen LogP contribution in [0.5, 0.6) is 0 Å². The fourth-order valence-corrected chi connectivity index (χ4v) is 2.16. The average molecular weight is 345 g/mol. The molecule has 0 radical (unpaired) electrons. The third-order valence-electron chi connectivity index (χ3n) is 2.79. The van der Waals surface area contributed by atoms with Crippen molar-refractivity contribution in [3.8, 4) is 0 Å². The van der Waals surface area contributed by atoms with Crippen LogP contribution >= 0.6 is 15.9 Å². The summed E-state index contributed by atoms with van der Waals surface area (Å²) in [5.74, 6) is 0.559. The number of carbonyl (C=O) groups is 1. The molecule has 0 aliphatic rings. The van der Waals surface area contributed by atoms with Crippen LogP contribution in [0.1, 0.15) is 20.3 Å². The molecule has 1 rings (SSSR count). The van der Waals surface area contributed by atoms with E-state index in [2.05, 4.69) is 26.2 Å². The summed E-state index contributed by atoms with van der Waals surface area (Å²) in [6, 6.07) is 1.38. The van der Waals surface area contributed by atoms with Gasteiger partial charge in [0.2, 0.25) is 5.91 Å². The number of pyridine rings is 1. The van der Waals surface area contributed by atoms with Crippen molar-refractivity contribution in [2.75, 3.05) is 25.0 Å². The molecule has 0 fully saturated rings. The summed E-state index contributed by atoms with van der Waals surface area (Å²) in [4.78, 5) is 27.6.